The second kappa shape index (κ2) is 7.51. The summed E-state index contributed by atoms with van der Waals surface area (Å²) in [6.45, 7) is 0.305. The number of hydrogen-bond donors (Lipinski definition) is 2. The molecule has 0 aliphatic carbocycles. The van der Waals surface area contributed by atoms with E-state index in [1.165, 1.54) is 24.6 Å². The highest BCUT2D eigenvalue weighted by Gasteiger charge is 2.14. The standard InChI is InChI=1S/C14H15ClN2O3S/c1-20-8-9(18)6-16-13(19)12-7-17-14(21-12)10-4-2-3-5-11(10)15/h2-5,7,9,18H,6,8H2,1H3,(H,16,19). The molecule has 1 atom stereocenters. The molecule has 21 heavy (non-hydrogen) atoms. The van der Waals surface area contributed by atoms with Gasteiger partial charge in [-0.05, 0) is 6.07 Å². The molecule has 5 nitrogen and oxygen atoms in total. The van der Waals surface area contributed by atoms with Crippen molar-refractivity contribution in [2.24, 2.45) is 0 Å². The quantitative estimate of drug-likeness (QED) is 0.853. The number of rotatable bonds is 6. The molecule has 0 saturated heterocycles. The number of hydrogen-bond acceptors (Lipinski definition) is 5. The van der Waals surface area contributed by atoms with Gasteiger partial charge in [0.15, 0.2) is 0 Å². The number of carbonyl (C=O) groups excluding carboxylic acids is 1. The van der Waals surface area contributed by atoms with Gasteiger partial charge in [0.25, 0.3) is 5.91 Å². The highest BCUT2D eigenvalue weighted by molar-refractivity contribution is 7.17. The molecule has 0 fully saturated rings. The third kappa shape index (κ3) is 4.25. The maximum Gasteiger partial charge on any atom is 0.263 e. The summed E-state index contributed by atoms with van der Waals surface area (Å²) in [6.07, 6.45) is 0.774. The van der Waals surface area contributed by atoms with E-state index < -0.39 is 6.10 Å². The van der Waals surface area contributed by atoms with Gasteiger partial charge in [0, 0.05) is 19.2 Å². The van der Waals surface area contributed by atoms with Crippen LogP contribution in [0.5, 0.6) is 0 Å². The molecular formula is C14H15ClN2O3S. The Balaban J connectivity index is 2.03. The zero-order chi connectivity index (χ0) is 15.2. The number of thiazole rings is 1. The van der Waals surface area contributed by atoms with Gasteiger partial charge in [0.2, 0.25) is 0 Å². The van der Waals surface area contributed by atoms with Crippen LogP contribution >= 0.6 is 22.9 Å². The summed E-state index contributed by atoms with van der Waals surface area (Å²) in [5.41, 5.74) is 0.794. The lowest BCUT2D eigenvalue weighted by Crippen LogP contribution is -2.33. The summed E-state index contributed by atoms with van der Waals surface area (Å²) in [4.78, 5) is 16.6. The SMILES string of the molecule is COCC(O)CNC(=O)c1cnc(-c2ccccc2Cl)s1. The minimum absolute atomic E-state index is 0.131. The molecule has 0 aliphatic rings. The van der Waals surface area contributed by atoms with Gasteiger partial charge in [-0.25, -0.2) is 4.98 Å². The van der Waals surface area contributed by atoms with Gasteiger partial charge in [-0.1, -0.05) is 29.8 Å². The maximum absolute atomic E-state index is 12.0. The highest BCUT2D eigenvalue weighted by atomic mass is 35.5. The van der Waals surface area contributed by atoms with Crippen LogP contribution in [0.2, 0.25) is 5.02 Å². The summed E-state index contributed by atoms with van der Waals surface area (Å²) in [7, 11) is 1.49. The lowest BCUT2D eigenvalue weighted by atomic mass is 10.2. The van der Waals surface area contributed by atoms with Gasteiger partial charge in [-0.15, -0.1) is 11.3 Å². The number of ether oxygens (including phenoxy) is 1. The predicted molar refractivity (Wildman–Crippen MR) is 82.8 cm³/mol. The summed E-state index contributed by atoms with van der Waals surface area (Å²) in [5.74, 6) is -0.277. The van der Waals surface area contributed by atoms with Crippen molar-refractivity contribution in [1.82, 2.24) is 10.3 Å². The van der Waals surface area contributed by atoms with Crippen molar-refractivity contribution >= 4 is 28.8 Å². The van der Waals surface area contributed by atoms with E-state index in [0.29, 0.717) is 14.9 Å². The Morgan fingerprint density at radius 2 is 2.29 bits per heavy atom. The third-order valence-electron chi connectivity index (χ3n) is 2.69. The van der Waals surface area contributed by atoms with E-state index >= 15 is 0 Å². The Morgan fingerprint density at radius 1 is 1.52 bits per heavy atom. The molecule has 7 heteroatoms. The number of halogens is 1. The fraction of sp³-hybridized carbons (Fsp3) is 0.286. The molecule has 0 saturated carbocycles. The maximum atomic E-state index is 12.0. The summed E-state index contributed by atoms with van der Waals surface area (Å²) in [5, 5.41) is 13.4. The van der Waals surface area contributed by atoms with Gasteiger partial charge < -0.3 is 15.2 Å². The molecule has 1 aromatic heterocycles. The molecule has 0 bridgehead atoms. The molecule has 0 radical (unpaired) electrons. The third-order valence-corrected chi connectivity index (χ3v) is 4.05. The van der Waals surface area contributed by atoms with E-state index in [9.17, 15) is 9.90 Å². The van der Waals surface area contributed by atoms with E-state index in [0.717, 1.165) is 5.56 Å². The first-order valence-electron chi connectivity index (χ1n) is 6.27. The predicted octanol–water partition coefficient (Wildman–Crippen LogP) is 2.20. The normalized spacial score (nSPS) is 12.1. The molecule has 2 rings (SSSR count). The van der Waals surface area contributed by atoms with E-state index in [1.54, 1.807) is 6.07 Å². The topological polar surface area (TPSA) is 71.5 Å². The molecule has 1 unspecified atom stereocenters. The number of aromatic nitrogens is 1. The zero-order valence-electron chi connectivity index (χ0n) is 11.4. The van der Waals surface area contributed by atoms with Crippen LogP contribution in [0.25, 0.3) is 10.6 Å². The second-order valence-corrected chi connectivity index (χ2v) is 5.77. The van der Waals surface area contributed by atoms with Crippen LogP contribution in [0.4, 0.5) is 0 Å². The van der Waals surface area contributed by atoms with Crippen LogP contribution in [0.3, 0.4) is 0 Å². The van der Waals surface area contributed by atoms with Crippen LogP contribution in [-0.4, -0.2) is 42.4 Å². The molecule has 1 amide bonds. The second-order valence-electron chi connectivity index (χ2n) is 4.33. The summed E-state index contributed by atoms with van der Waals surface area (Å²) >= 11 is 7.36. The van der Waals surface area contributed by atoms with Crippen molar-refractivity contribution in [1.29, 1.82) is 0 Å². The van der Waals surface area contributed by atoms with Crippen molar-refractivity contribution in [3.05, 3.63) is 40.4 Å². The smallest absolute Gasteiger partial charge is 0.263 e. The number of benzene rings is 1. The van der Waals surface area contributed by atoms with Crippen LogP contribution in [0.1, 0.15) is 9.67 Å². The minimum Gasteiger partial charge on any atom is -0.389 e. The monoisotopic (exact) mass is 326 g/mol. The number of aliphatic hydroxyl groups is 1. The molecule has 2 N–H and O–H groups in total. The molecular weight excluding hydrogens is 312 g/mol. The van der Waals surface area contributed by atoms with Crippen molar-refractivity contribution < 1.29 is 14.6 Å². The van der Waals surface area contributed by atoms with Crippen LogP contribution in [0, 0.1) is 0 Å². The zero-order valence-corrected chi connectivity index (χ0v) is 12.9. The van der Waals surface area contributed by atoms with Gasteiger partial charge in [0.05, 0.1) is 23.9 Å². The first-order valence-corrected chi connectivity index (χ1v) is 7.47. The molecule has 2 aromatic rings. The average molecular weight is 327 g/mol. The summed E-state index contributed by atoms with van der Waals surface area (Å²) < 4.78 is 4.79. The Morgan fingerprint density at radius 3 is 3.00 bits per heavy atom. The van der Waals surface area contributed by atoms with Crippen molar-refractivity contribution in [3.8, 4) is 10.6 Å². The van der Waals surface area contributed by atoms with E-state index in [2.05, 4.69) is 10.3 Å². The van der Waals surface area contributed by atoms with E-state index in [-0.39, 0.29) is 19.1 Å². The molecule has 0 aliphatic heterocycles. The number of carbonyl (C=O) groups is 1. The van der Waals surface area contributed by atoms with Crippen molar-refractivity contribution in [2.75, 3.05) is 20.3 Å². The first kappa shape index (κ1) is 15.9. The van der Waals surface area contributed by atoms with Gasteiger partial charge in [0.1, 0.15) is 9.88 Å². The van der Waals surface area contributed by atoms with Crippen LogP contribution < -0.4 is 5.32 Å². The molecule has 0 spiro atoms. The van der Waals surface area contributed by atoms with E-state index in [4.69, 9.17) is 16.3 Å². The number of amides is 1. The highest BCUT2D eigenvalue weighted by Crippen LogP contribution is 2.30. The fourth-order valence-electron chi connectivity index (χ4n) is 1.69. The Hall–Kier alpha value is -1.47. The first-order chi connectivity index (χ1) is 10.1. The summed E-state index contributed by atoms with van der Waals surface area (Å²) in [6, 6.07) is 7.33. The number of aliphatic hydroxyl groups excluding tert-OH is 1. The lowest BCUT2D eigenvalue weighted by Gasteiger charge is -2.09. The van der Waals surface area contributed by atoms with Crippen LogP contribution in [-0.2, 0) is 4.74 Å². The van der Waals surface area contributed by atoms with Crippen LogP contribution in [0.15, 0.2) is 30.5 Å². The fourth-order valence-corrected chi connectivity index (χ4v) is 2.84. The number of methoxy groups -OCH3 is 1. The number of nitrogens with zero attached hydrogens (tertiary/aromatic N) is 1. The van der Waals surface area contributed by atoms with Gasteiger partial charge in [-0.2, -0.15) is 0 Å². The number of nitrogens with one attached hydrogen (secondary N) is 1. The van der Waals surface area contributed by atoms with Crippen molar-refractivity contribution in [2.45, 2.75) is 6.10 Å². The Labute approximate surface area is 131 Å². The van der Waals surface area contributed by atoms with Crippen molar-refractivity contribution in [3.63, 3.8) is 0 Å². The molecule has 1 heterocycles. The Bertz CT molecular complexity index is 618. The Kier molecular flexibility index (Phi) is 5.69. The lowest BCUT2D eigenvalue weighted by molar-refractivity contribution is 0.0610. The van der Waals surface area contributed by atoms with E-state index in [1.807, 2.05) is 18.2 Å². The largest absolute Gasteiger partial charge is 0.389 e. The van der Waals surface area contributed by atoms with Gasteiger partial charge in [-0.3, -0.25) is 4.79 Å². The molecule has 112 valence electrons. The average Bonchev–Trinajstić information content (AvgIpc) is 2.95. The van der Waals surface area contributed by atoms with Gasteiger partial charge >= 0.3 is 0 Å². The molecule has 1 aromatic carbocycles. The minimum atomic E-state index is -0.727.